The Morgan fingerprint density at radius 2 is 1.32 bits per heavy atom. The molecule has 0 saturated carbocycles. The average molecular weight is 535 g/mol. The maximum atomic E-state index is 5.26. The molecular weight excluding hydrogens is 504 g/mol. The van der Waals surface area contributed by atoms with Gasteiger partial charge < -0.3 is 0 Å². The molecule has 0 fully saturated rings. The third-order valence-electron chi connectivity index (χ3n) is 7.67. The average Bonchev–Trinajstić information content (AvgIpc) is 3.58. The van der Waals surface area contributed by atoms with E-state index >= 15 is 0 Å². The molecule has 7 aromatic rings. The van der Waals surface area contributed by atoms with E-state index in [2.05, 4.69) is 152 Å². The van der Waals surface area contributed by atoms with E-state index in [4.69, 9.17) is 4.98 Å². The molecule has 0 bridgehead atoms. The molecule has 0 aliphatic carbocycles. The van der Waals surface area contributed by atoms with Crippen LogP contribution < -0.4 is 0 Å². The van der Waals surface area contributed by atoms with Crippen molar-refractivity contribution >= 4 is 32.5 Å². The summed E-state index contributed by atoms with van der Waals surface area (Å²) in [5.74, 6) is 0.971. The minimum Gasteiger partial charge on any atom is -0.292 e. The Balaban J connectivity index is 1.52. The number of nitrogens with zero attached hydrogens (tertiary/aromatic N) is 2. The summed E-state index contributed by atoms with van der Waals surface area (Å²) in [6, 6.07) is 43.5. The monoisotopic (exact) mass is 534 g/mol. The van der Waals surface area contributed by atoms with Crippen molar-refractivity contribution in [2.45, 2.75) is 26.2 Å². The van der Waals surface area contributed by atoms with Gasteiger partial charge in [-0.1, -0.05) is 106 Å². The van der Waals surface area contributed by atoms with E-state index in [0.29, 0.717) is 0 Å². The summed E-state index contributed by atoms with van der Waals surface area (Å²) < 4.78 is 3.63. The first-order valence-electron chi connectivity index (χ1n) is 13.7. The fourth-order valence-electron chi connectivity index (χ4n) is 5.51. The molecule has 0 unspecified atom stereocenters. The zero-order chi connectivity index (χ0) is 27.3. The number of hydrogen-bond donors (Lipinski definition) is 0. The number of aromatic nitrogens is 2. The lowest BCUT2D eigenvalue weighted by molar-refractivity contribution is 0.590. The summed E-state index contributed by atoms with van der Waals surface area (Å²) in [5, 5.41) is 3.50. The van der Waals surface area contributed by atoms with Crippen LogP contribution in [0.3, 0.4) is 0 Å². The van der Waals surface area contributed by atoms with E-state index in [-0.39, 0.29) is 5.41 Å². The Labute approximate surface area is 239 Å². The van der Waals surface area contributed by atoms with Crippen molar-refractivity contribution in [1.82, 2.24) is 9.55 Å². The van der Waals surface area contributed by atoms with Crippen LogP contribution >= 0.6 is 11.3 Å². The minimum absolute atomic E-state index is 0.0410. The van der Waals surface area contributed by atoms with Gasteiger partial charge in [0, 0.05) is 26.6 Å². The fraction of sp³-hybridized carbons (Fsp3) is 0.108. The van der Waals surface area contributed by atoms with Gasteiger partial charge in [0.15, 0.2) is 0 Å². The molecule has 194 valence electrons. The molecule has 0 N–H and O–H groups in total. The maximum absolute atomic E-state index is 5.26. The lowest BCUT2D eigenvalue weighted by Crippen LogP contribution is -2.12. The summed E-state index contributed by atoms with van der Waals surface area (Å²) in [4.78, 5) is 5.26. The number of rotatable bonds is 4. The van der Waals surface area contributed by atoms with Gasteiger partial charge >= 0.3 is 0 Å². The van der Waals surface area contributed by atoms with E-state index in [1.807, 2.05) is 0 Å². The van der Waals surface area contributed by atoms with Crippen LogP contribution in [0.1, 0.15) is 26.3 Å². The lowest BCUT2D eigenvalue weighted by atomic mass is 9.85. The van der Waals surface area contributed by atoms with Crippen molar-refractivity contribution in [3.63, 3.8) is 0 Å². The largest absolute Gasteiger partial charge is 0.292 e. The normalized spacial score (nSPS) is 11.9. The van der Waals surface area contributed by atoms with Crippen molar-refractivity contribution < 1.29 is 0 Å². The first-order chi connectivity index (χ1) is 19.5. The zero-order valence-corrected chi connectivity index (χ0v) is 23.7. The molecule has 2 aromatic heterocycles. The highest BCUT2D eigenvalue weighted by Crippen LogP contribution is 2.41. The molecule has 2 heterocycles. The van der Waals surface area contributed by atoms with E-state index < -0.39 is 0 Å². The topological polar surface area (TPSA) is 17.8 Å². The molecule has 0 radical (unpaired) electrons. The number of para-hydroxylation sites is 2. The van der Waals surface area contributed by atoms with Gasteiger partial charge in [-0.05, 0) is 64.1 Å². The fourth-order valence-corrected chi connectivity index (χ4v) is 6.43. The molecule has 7 rings (SSSR count). The van der Waals surface area contributed by atoms with Crippen LogP contribution in [0.15, 0.2) is 127 Å². The van der Waals surface area contributed by atoms with Crippen molar-refractivity contribution in [2.75, 3.05) is 0 Å². The number of benzene rings is 5. The van der Waals surface area contributed by atoms with Gasteiger partial charge in [-0.2, -0.15) is 0 Å². The van der Waals surface area contributed by atoms with Crippen molar-refractivity contribution in [3.05, 3.63) is 132 Å². The molecule has 2 nitrogen and oxygen atoms in total. The predicted octanol–water partition coefficient (Wildman–Crippen LogP) is 10.5. The first kappa shape index (κ1) is 24.6. The van der Waals surface area contributed by atoms with Crippen LogP contribution in [0.5, 0.6) is 0 Å². The molecule has 3 heteroatoms. The molecule has 0 saturated heterocycles. The van der Waals surface area contributed by atoms with E-state index in [1.165, 1.54) is 37.9 Å². The Bertz CT molecular complexity index is 1970. The molecule has 0 atom stereocenters. The van der Waals surface area contributed by atoms with Crippen LogP contribution in [0, 0.1) is 0 Å². The number of fused-ring (bicyclic) bond motifs is 2. The van der Waals surface area contributed by atoms with Crippen LogP contribution in [-0.4, -0.2) is 9.55 Å². The van der Waals surface area contributed by atoms with Crippen molar-refractivity contribution in [2.24, 2.45) is 0 Å². The third-order valence-corrected chi connectivity index (χ3v) is 8.63. The Morgan fingerprint density at radius 1 is 0.625 bits per heavy atom. The van der Waals surface area contributed by atoms with Gasteiger partial charge in [0.1, 0.15) is 5.82 Å². The highest BCUT2D eigenvalue weighted by molar-refractivity contribution is 7.17. The van der Waals surface area contributed by atoms with Gasteiger partial charge in [-0.25, -0.2) is 4.98 Å². The SMILES string of the molecule is CC(C)(C)c1ccc(-n2c(-c3csc4ccc(-c5ccccc5)cc34)nc3ccccc32)c(-c2ccccc2)c1. The number of thiophene rings is 1. The Hall–Kier alpha value is -4.47. The standard InChI is InChI=1S/C37H30N2S/c1-37(2,3)28-19-20-33(29(23-28)26-14-8-5-9-15-26)39-34-17-11-10-16-32(34)38-36(39)31-24-40-35-21-18-27(22-30(31)35)25-12-6-4-7-13-25/h4-24H,1-3H3. The summed E-state index contributed by atoms with van der Waals surface area (Å²) in [6.45, 7) is 6.82. The van der Waals surface area contributed by atoms with Gasteiger partial charge in [0.25, 0.3) is 0 Å². The molecule has 0 spiro atoms. The van der Waals surface area contributed by atoms with Gasteiger partial charge in [0.2, 0.25) is 0 Å². The summed E-state index contributed by atoms with van der Waals surface area (Å²) in [7, 11) is 0. The Kier molecular flexibility index (Phi) is 5.91. The third kappa shape index (κ3) is 4.24. The van der Waals surface area contributed by atoms with Crippen LogP contribution in [-0.2, 0) is 5.41 Å². The van der Waals surface area contributed by atoms with Crippen LogP contribution in [0.25, 0.3) is 60.4 Å². The summed E-state index contributed by atoms with van der Waals surface area (Å²) >= 11 is 1.78. The highest BCUT2D eigenvalue weighted by atomic mass is 32.1. The second-order valence-corrected chi connectivity index (χ2v) is 12.2. The van der Waals surface area contributed by atoms with Gasteiger partial charge in [0.05, 0.1) is 16.7 Å². The molecular formula is C37H30N2S. The van der Waals surface area contributed by atoms with Crippen LogP contribution in [0.4, 0.5) is 0 Å². The van der Waals surface area contributed by atoms with Gasteiger partial charge in [-0.15, -0.1) is 11.3 Å². The lowest BCUT2D eigenvalue weighted by Gasteiger charge is -2.23. The molecule has 0 aliphatic heterocycles. The Morgan fingerprint density at radius 3 is 2.08 bits per heavy atom. The second-order valence-electron chi connectivity index (χ2n) is 11.3. The van der Waals surface area contributed by atoms with E-state index in [0.717, 1.165) is 28.1 Å². The zero-order valence-electron chi connectivity index (χ0n) is 22.9. The highest BCUT2D eigenvalue weighted by Gasteiger charge is 2.22. The minimum atomic E-state index is 0.0410. The molecule has 0 amide bonds. The first-order valence-corrected chi connectivity index (χ1v) is 14.6. The number of hydrogen-bond acceptors (Lipinski definition) is 2. The summed E-state index contributed by atoms with van der Waals surface area (Å²) in [5.41, 5.74) is 10.6. The van der Waals surface area contributed by atoms with Crippen LogP contribution in [0.2, 0.25) is 0 Å². The maximum Gasteiger partial charge on any atom is 0.147 e. The predicted molar refractivity (Wildman–Crippen MR) is 171 cm³/mol. The smallest absolute Gasteiger partial charge is 0.147 e. The molecule has 5 aromatic carbocycles. The molecule has 40 heavy (non-hydrogen) atoms. The number of imidazole rings is 1. The summed E-state index contributed by atoms with van der Waals surface area (Å²) in [6.07, 6.45) is 0. The van der Waals surface area contributed by atoms with Crippen molar-refractivity contribution in [3.8, 4) is 39.3 Å². The molecule has 0 aliphatic rings. The quantitative estimate of drug-likeness (QED) is 0.220. The van der Waals surface area contributed by atoms with Crippen molar-refractivity contribution in [1.29, 1.82) is 0 Å². The van der Waals surface area contributed by atoms with E-state index in [1.54, 1.807) is 11.3 Å². The van der Waals surface area contributed by atoms with E-state index in [9.17, 15) is 0 Å². The second kappa shape index (κ2) is 9.62. The van der Waals surface area contributed by atoms with Gasteiger partial charge in [-0.3, -0.25) is 4.57 Å².